The van der Waals surface area contributed by atoms with Gasteiger partial charge in [-0.1, -0.05) is 25.1 Å². The van der Waals surface area contributed by atoms with E-state index in [-0.39, 0.29) is 18.2 Å². The number of nitrogens with zero attached hydrogens (tertiary/aromatic N) is 1. The molecule has 0 radical (unpaired) electrons. The minimum absolute atomic E-state index is 0.155. The molecule has 0 aliphatic carbocycles. The minimum atomic E-state index is -0.532. The molecule has 1 fully saturated rings. The van der Waals surface area contributed by atoms with E-state index in [0.29, 0.717) is 12.3 Å². The molecule has 3 rings (SSSR count). The molecule has 1 atom stereocenters. The monoisotopic (exact) mass is 324 g/mol. The second-order valence-electron chi connectivity index (χ2n) is 5.68. The van der Waals surface area contributed by atoms with Gasteiger partial charge >= 0.3 is 0 Å². The summed E-state index contributed by atoms with van der Waals surface area (Å²) in [4.78, 5) is 26.1. The van der Waals surface area contributed by atoms with Gasteiger partial charge in [0.15, 0.2) is 0 Å². The number of rotatable bonds is 6. The summed E-state index contributed by atoms with van der Waals surface area (Å²) in [5.74, 6) is 0.306. The molecule has 1 saturated heterocycles. The van der Waals surface area contributed by atoms with Crippen molar-refractivity contribution < 1.29 is 14.3 Å². The number of benzene rings is 2. The van der Waals surface area contributed by atoms with E-state index < -0.39 is 6.04 Å². The molecule has 1 aliphatic heterocycles. The molecule has 5 heteroatoms. The zero-order valence-electron chi connectivity index (χ0n) is 13.6. The van der Waals surface area contributed by atoms with Gasteiger partial charge in [0.05, 0.1) is 18.7 Å². The van der Waals surface area contributed by atoms with Gasteiger partial charge in [0, 0.05) is 5.69 Å². The van der Waals surface area contributed by atoms with Gasteiger partial charge < -0.3 is 10.1 Å². The van der Waals surface area contributed by atoms with Gasteiger partial charge in [-0.15, -0.1) is 0 Å². The predicted octanol–water partition coefficient (Wildman–Crippen LogP) is 3.22. The van der Waals surface area contributed by atoms with Gasteiger partial charge in [0.2, 0.25) is 5.91 Å². The fourth-order valence-electron chi connectivity index (χ4n) is 2.66. The average Bonchev–Trinajstić information content (AvgIpc) is 2.88. The number of carbonyl (C=O) groups excluding carboxylic acids is 2. The number of hydrogen-bond donors (Lipinski definition) is 1. The van der Waals surface area contributed by atoms with Gasteiger partial charge in [-0.05, 0) is 42.8 Å². The van der Waals surface area contributed by atoms with Crippen LogP contribution in [0.25, 0.3) is 0 Å². The van der Waals surface area contributed by atoms with Crippen molar-refractivity contribution in [1.29, 1.82) is 0 Å². The highest BCUT2D eigenvalue weighted by Gasteiger charge is 2.39. The third kappa shape index (κ3) is 3.40. The zero-order valence-corrected chi connectivity index (χ0v) is 13.6. The van der Waals surface area contributed by atoms with Crippen molar-refractivity contribution in [2.24, 2.45) is 0 Å². The van der Waals surface area contributed by atoms with Crippen LogP contribution in [0.4, 0.5) is 11.4 Å². The van der Waals surface area contributed by atoms with Crippen molar-refractivity contribution in [2.75, 3.05) is 16.8 Å². The Morgan fingerprint density at radius 1 is 1.08 bits per heavy atom. The summed E-state index contributed by atoms with van der Waals surface area (Å²) in [6.45, 7) is 2.68. The van der Waals surface area contributed by atoms with Crippen LogP contribution in [-0.4, -0.2) is 24.5 Å². The summed E-state index contributed by atoms with van der Waals surface area (Å²) in [7, 11) is 0. The van der Waals surface area contributed by atoms with Crippen LogP contribution in [-0.2, 0) is 9.59 Å². The molecule has 1 heterocycles. The quantitative estimate of drug-likeness (QED) is 0.829. The van der Waals surface area contributed by atoms with Gasteiger partial charge in [-0.2, -0.15) is 0 Å². The number of para-hydroxylation sites is 1. The van der Waals surface area contributed by atoms with Crippen LogP contribution < -0.4 is 15.0 Å². The number of ether oxygens (including phenoxy) is 1. The molecule has 0 saturated carbocycles. The molecule has 2 aromatic carbocycles. The maximum atomic E-state index is 12.6. The lowest BCUT2D eigenvalue weighted by Gasteiger charge is -2.16. The van der Waals surface area contributed by atoms with E-state index in [9.17, 15) is 9.59 Å². The fourth-order valence-corrected chi connectivity index (χ4v) is 2.66. The number of hydrogen-bond acceptors (Lipinski definition) is 4. The Labute approximate surface area is 141 Å². The van der Waals surface area contributed by atoms with E-state index in [1.54, 1.807) is 24.3 Å². The third-order valence-electron chi connectivity index (χ3n) is 3.83. The molecule has 24 heavy (non-hydrogen) atoms. The maximum Gasteiger partial charge on any atom is 0.256 e. The standard InChI is InChI=1S/C19H20N2O3/c1-2-12-24-16-10-8-15(9-11-16)21-18(22)13-17(19(21)23)20-14-6-4-3-5-7-14/h3-11,17,20H,2,12-13H2,1H3/t17-/m0/s1. The van der Waals surface area contributed by atoms with Crippen LogP contribution in [0.2, 0.25) is 0 Å². The smallest absolute Gasteiger partial charge is 0.256 e. The van der Waals surface area contributed by atoms with Crippen LogP contribution in [0.3, 0.4) is 0 Å². The summed E-state index contributed by atoms with van der Waals surface area (Å²) in [6.07, 6.45) is 1.08. The Hall–Kier alpha value is -2.82. The highest BCUT2D eigenvalue weighted by Crippen LogP contribution is 2.26. The number of nitrogens with one attached hydrogen (secondary N) is 1. The molecule has 0 spiro atoms. The lowest BCUT2D eigenvalue weighted by molar-refractivity contribution is -0.121. The molecule has 0 aromatic heterocycles. The second-order valence-corrected chi connectivity index (χ2v) is 5.68. The van der Waals surface area contributed by atoms with Crippen LogP contribution in [0.1, 0.15) is 19.8 Å². The first-order chi connectivity index (χ1) is 11.7. The van der Waals surface area contributed by atoms with Crippen molar-refractivity contribution in [2.45, 2.75) is 25.8 Å². The normalized spacial score (nSPS) is 17.2. The molecule has 0 unspecified atom stereocenters. The van der Waals surface area contributed by atoms with Crippen molar-refractivity contribution in [3.05, 3.63) is 54.6 Å². The van der Waals surface area contributed by atoms with Gasteiger partial charge in [-0.3, -0.25) is 9.59 Å². The van der Waals surface area contributed by atoms with Crippen LogP contribution >= 0.6 is 0 Å². The van der Waals surface area contributed by atoms with Crippen molar-refractivity contribution in [3.63, 3.8) is 0 Å². The fraction of sp³-hybridized carbons (Fsp3) is 0.263. The van der Waals surface area contributed by atoms with E-state index in [2.05, 4.69) is 5.32 Å². The molecular weight excluding hydrogens is 304 g/mol. The molecule has 2 amide bonds. The van der Waals surface area contributed by atoms with E-state index in [1.807, 2.05) is 37.3 Å². The molecule has 1 N–H and O–H groups in total. The Balaban J connectivity index is 1.72. The molecule has 2 aromatic rings. The van der Waals surface area contributed by atoms with Crippen molar-refractivity contribution in [1.82, 2.24) is 0 Å². The number of carbonyl (C=O) groups is 2. The second kappa shape index (κ2) is 7.17. The summed E-state index contributed by atoms with van der Waals surface area (Å²) < 4.78 is 5.53. The molecule has 0 bridgehead atoms. The summed E-state index contributed by atoms with van der Waals surface area (Å²) in [6, 6.07) is 15.9. The topological polar surface area (TPSA) is 58.6 Å². The van der Waals surface area contributed by atoms with E-state index in [1.165, 1.54) is 4.90 Å². The highest BCUT2D eigenvalue weighted by molar-refractivity contribution is 6.23. The van der Waals surface area contributed by atoms with Crippen LogP contribution in [0, 0.1) is 0 Å². The maximum absolute atomic E-state index is 12.6. The Bertz CT molecular complexity index is 713. The van der Waals surface area contributed by atoms with E-state index >= 15 is 0 Å². The Kier molecular flexibility index (Phi) is 4.79. The average molecular weight is 324 g/mol. The van der Waals surface area contributed by atoms with Crippen molar-refractivity contribution in [3.8, 4) is 5.75 Å². The van der Waals surface area contributed by atoms with E-state index in [4.69, 9.17) is 4.74 Å². The Morgan fingerprint density at radius 3 is 2.46 bits per heavy atom. The predicted molar refractivity (Wildman–Crippen MR) is 93.2 cm³/mol. The molecule has 5 nitrogen and oxygen atoms in total. The van der Waals surface area contributed by atoms with Gasteiger partial charge in [-0.25, -0.2) is 4.90 Å². The number of amides is 2. The van der Waals surface area contributed by atoms with E-state index in [0.717, 1.165) is 17.9 Å². The first-order valence-electron chi connectivity index (χ1n) is 8.10. The minimum Gasteiger partial charge on any atom is -0.494 e. The number of anilines is 2. The van der Waals surface area contributed by atoms with Crippen LogP contribution in [0.5, 0.6) is 5.75 Å². The van der Waals surface area contributed by atoms with Gasteiger partial charge in [0.25, 0.3) is 5.91 Å². The SMILES string of the molecule is CCCOc1ccc(N2C(=O)C[C@H](Nc3ccccc3)C2=O)cc1. The largest absolute Gasteiger partial charge is 0.494 e. The Morgan fingerprint density at radius 2 is 1.79 bits per heavy atom. The lowest BCUT2D eigenvalue weighted by atomic mass is 10.2. The molecular formula is C19H20N2O3. The first kappa shape index (κ1) is 16.1. The zero-order chi connectivity index (χ0) is 16.9. The summed E-state index contributed by atoms with van der Waals surface area (Å²) >= 11 is 0. The van der Waals surface area contributed by atoms with Crippen LogP contribution in [0.15, 0.2) is 54.6 Å². The van der Waals surface area contributed by atoms with Crippen molar-refractivity contribution >= 4 is 23.2 Å². The summed E-state index contributed by atoms with van der Waals surface area (Å²) in [5.41, 5.74) is 1.40. The molecule has 1 aliphatic rings. The third-order valence-corrected chi connectivity index (χ3v) is 3.83. The molecule has 124 valence electrons. The summed E-state index contributed by atoms with van der Waals surface area (Å²) in [5, 5.41) is 3.12. The first-order valence-corrected chi connectivity index (χ1v) is 8.10. The number of imide groups is 1. The highest BCUT2D eigenvalue weighted by atomic mass is 16.5. The van der Waals surface area contributed by atoms with Gasteiger partial charge in [0.1, 0.15) is 11.8 Å². The lowest BCUT2D eigenvalue weighted by Crippen LogP contribution is -2.34.